The van der Waals surface area contributed by atoms with Crippen molar-refractivity contribution in [3.63, 3.8) is 0 Å². The van der Waals surface area contributed by atoms with E-state index in [0.717, 1.165) is 16.8 Å². The highest BCUT2D eigenvalue weighted by atomic mass is 79.9. The van der Waals surface area contributed by atoms with Crippen molar-refractivity contribution >= 4 is 21.6 Å². The summed E-state index contributed by atoms with van der Waals surface area (Å²) in [5, 5.41) is 12.1. The normalized spacial score (nSPS) is 10.3. The fourth-order valence-corrected chi connectivity index (χ4v) is 2.22. The zero-order valence-corrected chi connectivity index (χ0v) is 12.3. The molecule has 0 amide bonds. The van der Waals surface area contributed by atoms with Gasteiger partial charge in [-0.3, -0.25) is 0 Å². The van der Waals surface area contributed by atoms with Crippen LogP contribution in [-0.4, -0.2) is 4.57 Å². The summed E-state index contributed by atoms with van der Waals surface area (Å²) in [5.74, 6) is -0.269. The molecule has 2 rings (SSSR count). The molecule has 0 aliphatic carbocycles. The van der Waals surface area contributed by atoms with Gasteiger partial charge in [0.2, 0.25) is 0 Å². The van der Waals surface area contributed by atoms with Gasteiger partial charge in [-0.25, -0.2) is 4.39 Å². The van der Waals surface area contributed by atoms with Crippen LogP contribution in [0.1, 0.15) is 16.8 Å². The number of hydrogen-bond acceptors (Lipinski definition) is 2. The third kappa shape index (κ3) is 2.96. The zero-order valence-electron chi connectivity index (χ0n) is 10.7. The molecule has 0 fully saturated rings. The molecule has 98 valence electrons. The van der Waals surface area contributed by atoms with Crippen molar-refractivity contribution in [3.8, 4) is 6.07 Å². The van der Waals surface area contributed by atoms with Gasteiger partial charge in [0.1, 0.15) is 17.6 Å². The number of halogens is 2. The van der Waals surface area contributed by atoms with Crippen LogP contribution >= 0.6 is 15.9 Å². The van der Waals surface area contributed by atoms with Gasteiger partial charge < -0.3 is 9.88 Å². The summed E-state index contributed by atoms with van der Waals surface area (Å²) in [6.07, 6.45) is 1.90. The molecule has 5 heteroatoms. The van der Waals surface area contributed by atoms with E-state index >= 15 is 0 Å². The molecule has 0 unspecified atom stereocenters. The van der Waals surface area contributed by atoms with Crippen LogP contribution in [0.5, 0.6) is 0 Å². The lowest BCUT2D eigenvalue weighted by Crippen LogP contribution is -2.01. The van der Waals surface area contributed by atoms with Crippen molar-refractivity contribution in [2.45, 2.75) is 13.5 Å². The lowest BCUT2D eigenvalue weighted by atomic mass is 10.2. The van der Waals surface area contributed by atoms with Crippen LogP contribution in [0.4, 0.5) is 10.1 Å². The summed E-state index contributed by atoms with van der Waals surface area (Å²) in [4.78, 5) is 0. The van der Waals surface area contributed by atoms with Gasteiger partial charge in [0.15, 0.2) is 0 Å². The van der Waals surface area contributed by atoms with E-state index in [4.69, 9.17) is 5.26 Å². The number of anilines is 1. The molecule has 1 aromatic heterocycles. The number of aromatic nitrogens is 1. The molecule has 0 saturated heterocycles. The van der Waals surface area contributed by atoms with Gasteiger partial charge in [0, 0.05) is 25.5 Å². The Morgan fingerprint density at radius 2 is 2.16 bits per heavy atom. The lowest BCUT2D eigenvalue weighted by molar-refractivity contribution is 0.620. The molecule has 0 atom stereocenters. The summed E-state index contributed by atoms with van der Waals surface area (Å²) < 4.78 is 15.5. The molecule has 0 bridgehead atoms. The molecule has 1 N–H and O–H groups in total. The standard InChI is InChI=1S/C14H13BrFN3/c1-9-3-13(16)12(15)5-14(9)18-7-10-4-11(6-17)19(2)8-10/h3-5,8,18H,7H2,1-2H3. The Bertz CT molecular complexity index is 655. The molecular weight excluding hydrogens is 309 g/mol. The first-order valence-electron chi connectivity index (χ1n) is 5.76. The maximum Gasteiger partial charge on any atom is 0.137 e. The topological polar surface area (TPSA) is 40.8 Å². The average Bonchev–Trinajstić information content (AvgIpc) is 2.73. The maximum absolute atomic E-state index is 13.3. The summed E-state index contributed by atoms with van der Waals surface area (Å²) in [5.41, 5.74) is 3.35. The molecule has 0 spiro atoms. The number of nitriles is 1. The molecule has 1 aromatic carbocycles. The molecule has 0 aliphatic heterocycles. The van der Waals surface area contributed by atoms with Gasteiger partial charge in [-0.05, 0) is 52.2 Å². The highest BCUT2D eigenvalue weighted by Gasteiger charge is 2.06. The molecular formula is C14H13BrFN3. The first kappa shape index (κ1) is 13.6. The van der Waals surface area contributed by atoms with Crippen LogP contribution < -0.4 is 5.32 Å². The van der Waals surface area contributed by atoms with Gasteiger partial charge in [-0.2, -0.15) is 5.26 Å². The van der Waals surface area contributed by atoms with Gasteiger partial charge in [0.05, 0.1) is 4.47 Å². The van der Waals surface area contributed by atoms with Crippen LogP contribution in [0, 0.1) is 24.1 Å². The molecule has 0 aliphatic rings. The van der Waals surface area contributed by atoms with Crippen molar-refractivity contribution in [1.82, 2.24) is 4.57 Å². The molecule has 0 saturated carbocycles. The fraction of sp³-hybridized carbons (Fsp3) is 0.214. The molecule has 19 heavy (non-hydrogen) atoms. The zero-order chi connectivity index (χ0) is 14.0. The largest absolute Gasteiger partial charge is 0.381 e. The van der Waals surface area contributed by atoms with E-state index in [1.165, 1.54) is 6.07 Å². The van der Waals surface area contributed by atoms with Crippen molar-refractivity contribution in [2.75, 3.05) is 5.32 Å². The van der Waals surface area contributed by atoms with Crippen LogP contribution in [0.15, 0.2) is 28.9 Å². The number of hydrogen-bond donors (Lipinski definition) is 1. The van der Waals surface area contributed by atoms with Crippen LogP contribution in [-0.2, 0) is 13.6 Å². The van der Waals surface area contributed by atoms with Gasteiger partial charge in [0.25, 0.3) is 0 Å². The summed E-state index contributed by atoms with van der Waals surface area (Å²) in [6, 6.07) is 7.16. The van der Waals surface area contributed by atoms with Crippen molar-refractivity contribution in [3.05, 3.63) is 51.5 Å². The average molecular weight is 322 g/mol. The van der Waals surface area contributed by atoms with E-state index in [2.05, 4.69) is 27.3 Å². The Morgan fingerprint density at radius 1 is 1.42 bits per heavy atom. The Balaban J connectivity index is 2.14. The minimum absolute atomic E-state index is 0.269. The van der Waals surface area contributed by atoms with Crippen LogP contribution in [0.3, 0.4) is 0 Å². The molecule has 2 aromatic rings. The Morgan fingerprint density at radius 3 is 2.79 bits per heavy atom. The summed E-state index contributed by atoms with van der Waals surface area (Å²) in [7, 11) is 1.84. The second kappa shape index (κ2) is 5.45. The summed E-state index contributed by atoms with van der Waals surface area (Å²) >= 11 is 3.17. The van der Waals surface area contributed by atoms with E-state index in [9.17, 15) is 4.39 Å². The van der Waals surface area contributed by atoms with E-state index in [1.807, 2.05) is 26.2 Å². The number of aryl methyl sites for hydroxylation is 2. The highest BCUT2D eigenvalue weighted by molar-refractivity contribution is 9.10. The maximum atomic E-state index is 13.3. The van der Waals surface area contributed by atoms with Crippen LogP contribution in [0.25, 0.3) is 0 Å². The van der Waals surface area contributed by atoms with Crippen molar-refractivity contribution in [2.24, 2.45) is 7.05 Å². The Labute approximate surface area is 119 Å². The van der Waals surface area contributed by atoms with Gasteiger partial charge >= 0.3 is 0 Å². The predicted molar refractivity (Wildman–Crippen MR) is 76.3 cm³/mol. The second-order valence-corrected chi connectivity index (χ2v) is 5.25. The SMILES string of the molecule is Cc1cc(F)c(Br)cc1NCc1cc(C#N)n(C)c1. The van der Waals surface area contributed by atoms with E-state index in [1.54, 1.807) is 10.6 Å². The van der Waals surface area contributed by atoms with Crippen molar-refractivity contribution < 1.29 is 4.39 Å². The molecule has 0 radical (unpaired) electrons. The fourth-order valence-electron chi connectivity index (χ4n) is 1.87. The van der Waals surface area contributed by atoms with Crippen molar-refractivity contribution in [1.29, 1.82) is 5.26 Å². The highest BCUT2D eigenvalue weighted by Crippen LogP contribution is 2.24. The van der Waals surface area contributed by atoms with Gasteiger partial charge in [-0.1, -0.05) is 0 Å². The number of nitrogens with zero attached hydrogens (tertiary/aromatic N) is 2. The lowest BCUT2D eigenvalue weighted by Gasteiger charge is -2.09. The smallest absolute Gasteiger partial charge is 0.137 e. The monoisotopic (exact) mass is 321 g/mol. The van der Waals surface area contributed by atoms with Crippen LogP contribution in [0.2, 0.25) is 0 Å². The van der Waals surface area contributed by atoms with Gasteiger partial charge in [-0.15, -0.1) is 0 Å². The van der Waals surface area contributed by atoms with E-state index in [-0.39, 0.29) is 5.82 Å². The van der Waals surface area contributed by atoms with E-state index in [0.29, 0.717) is 16.7 Å². The minimum atomic E-state index is -0.269. The number of nitrogens with one attached hydrogen (secondary N) is 1. The molecule has 1 heterocycles. The Hall–Kier alpha value is -1.80. The predicted octanol–water partition coefficient (Wildman–Crippen LogP) is 3.72. The number of rotatable bonds is 3. The molecule has 3 nitrogen and oxygen atoms in total. The Kier molecular flexibility index (Phi) is 3.91. The second-order valence-electron chi connectivity index (χ2n) is 4.39. The third-order valence-corrected chi connectivity index (χ3v) is 3.53. The van der Waals surface area contributed by atoms with E-state index < -0.39 is 0 Å². The summed E-state index contributed by atoms with van der Waals surface area (Å²) in [6.45, 7) is 2.44. The third-order valence-electron chi connectivity index (χ3n) is 2.93. The quantitative estimate of drug-likeness (QED) is 0.936. The number of benzene rings is 1. The minimum Gasteiger partial charge on any atom is -0.381 e. The first-order valence-corrected chi connectivity index (χ1v) is 6.55. The first-order chi connectivity index (χ1) is 9.01.